The summed E-state index contributed by atoms with van der Waals surface area (Å²) in [4.78, 5) is 6.13. The van der Waals surface area contributed by atoms with Crippen molar-refractivity contribution in [2.45, 2.75) is 153 Å². The molecule has 0 aliphatic heterocycles. The molecular formula is C26H48N2. The molecule has 0 spiro atoms. The van der Waals surface area contributed by atoms with Crippen LogP contribution in [0.1, 0.15) is 128 Å². The standard InChI is InChI=1S/C26H48N2/c1-5-13-23(14-6-1)27(24-15-7-2-8-16-24)21-22-28(25-17-9-3-10-18-25)26-19-11-4-12-20-26/h23-26H,1-22H2. The molecule has 0 heterocycles. The zero-order valence-corrected chi connectivity index (χ0v) is 18.8. The maximum atomic E-state index is 3.07. The molecule has 4 aliphatic rings. The molecule has 2 nitrogen and oxygen atoms in total. The van der Waals surface area contributed by atoms with Gasteiger partial charge < -0.3 is 0 Å². The van der Waals surface area contributed by atoms with Crippen LogP contribution in [-0.4, -0.2) is 47.1 Å². The van der Waals surface area contributed by atoms with Crippen molar-refractivity contribution in [3.63, 3.8) is 0 Å². The zero-order chi connectivity index (χ0) is 19.0. The van der Waals surface area contributed by atoms with Gasteiger partial charge in [-0.15, -0.1) is 0 Å². The molecule has 0 bridgehead atoms. The quantitative estimate of drug-likeness (QED) is 0.467. The molecule has 4 aliphatic carbocycles. The molecule has 28 heavy (non-hydrogen) atoms. The normalized spacial score (nSPS) is 27.6. The Morgan fingerprint density at radius 2 is 0.536 bits per heavy atom. The first-order chi connectivity index (χ1) is 13.9. The van der Waals surface area contributed by atoms with E-state index in [0.717, 1.165) is 24.2 Å². The molecule has 2 heteroatoms. The van der Waals surface area contributed by atoms with Crippen LogP contribution in [0, 0.1) is 0 Å². The Morgan fingerprint density at radius 3 is 0.750 bits per heavy atom. The highest BCUT2D eigenvalue weighted by Crippen LogP contribution is 2.33. The van der Waals surface area contributed by atoms with E-state index in [4.69, 9.17) is 0 Å². The number of hydrogen-bond acceptors (Lipinski definition) is 2. The van der Waals surface area contributed by atoms with Gasteiger partial charge in [-0.1, -0.05) is 77.0 Å². The van der Waals surface area contributed by atoms with Crippen LogP contribution in [0.25, 0.3) is 0 Å². The van der Waals surface area contributed by atoms with Crippen LogP contribution in [0.15, 0.2) is 0 Å². The van der Waals surface area contributed by atoms with Crippen LogP contribution in [0.5, 0.6) is 0 Å². The van der Waals surface area contributed by atoms with Crippen molar-refractivity contribution in [3.05, 3.63) is 0 Å². The van der Waals surface area contributed by atoms with Crippen LogP contribution >= 0.6 is 0 Å². The smallest absolute Gasteiger partial charge is 0.0115 e. The summed E-state index contributed by atoms with van der Waals surface area (Å²) in [5.41, 5.74) is 0. The summed E-state index contributed by atoms with van der Waals surface area (Å²) in [7, 11) is 0. The van der Waals surface area contributed by atoms with E-state index in [2.05, 4.69) is 9.80 Å². The molecule has 0 N–H and O–H groups in total. The summed E-state index contributed by atoms with van der Waals surface area (Å²) >= 11 is 0. The zero-order valence-electron chi connectivity index (χ0n) is 18.8. The molecule has 4 rings (SSSR count). The minimum atomic E-state index is 0.913. The first-order valence-corrected chi connectivity index (χ1v) is 13.4. The Balaban J connectivity index is 1.41. The first kappa shape index (κ1) is 21.2. The summed E-state index contributed by atoms with van der Waals surface area (Å²) in [5, 5.41) is 0. The van der Waals surface area contributed by atoms with Crippen molar-refractivity contribution < 1.29 is 0 Å². The van der Waals surface area contributed by atoms with Crippen LogP contribution in [0.4, 0.5) is 0 Å². The molecule has 0 saturated heterocycles. The largest absolute Gasteiger partial charge is 0.296 e. The summed E-state index contributed by atoms with van der Waals surface area (Å²) in [5.74, 6) is 0. The van der Waals surface area contributed by atoms with Crippen molar-refractivity contribution in [3.8, 4) is 0 Å². The summed E-state index contributed by atoms with van der Waals surface area (Å²) < 4.78 is 0. The van der Waals surface area contributed by atoms with E-state index in [9.17, 15) is 0 Å². The van der Waals surface area contributed by atoms with Gasteiger partial charge in [-0.25, -0.2) is 0 Å². The third kappa shape index (κ3) is 5.75. The Bertz CT molecular complexity index is 336. The van der Waals surface area contributed by atoms with Gasteiger partial charge in [0.15, 0.2) is 0 Å². The van der Waals surface area contributed by atoms with Gasteiger partial charge in [0.2, 0.25) is 0 Å². The Morgan fingerprint density at radius 1 is 0.321 bits per heavy atom. The van der Waals surface area contributed by atoms with Gasteiger partial charge in [0, 0.05) is 37.3 Å². The molecule has 0 atom stereocenters. The van der Waals surface area contributed by atoms with Crippen LogP contribution < -0.4 is 0 Å². The fourth-order valence-electron chi connectivity index (χ4n) is 7.21. The lowest BCUT2D eigenvalue weighted by molar-refractivity contribution is 0.0327. The van der Waals surface area contributed by atoms with Crippen molar-refractivity contribution in [2.24, 2.45) is 0 Å². The highest BCUT2D eigenvalue weighted by atomic mass is 15.3. The lowest BCUT2D eigenvalue weighted by Crippen LogP contribution is -2.52. The molecule has 0 amide bonds. The number of hydrogen-bond donors (Lipinski definition) is 0. The predicted octanol–water partition coefficient (Wildman–Crippen LogP) is 6.92. The fraction of sp³-hybridized carbons (Fsp3) is 1.00. The highest BCUT2D eigenvalue weighted by molar-refractivity contribution is 4.88. The Kier molecular flexibility index (Phi) is 8.58. The Hall–Kier alpha value is -0.0800. The molecule has 4 saturated carbocycles. The third-order valence-electron chi connectivity index (χ3n) is 8.79. The molecule has 4 fully saturated rings. The van der Waals surface area contributed by atoms with Crippen LogP contribution in [0.2, 0.25) is 0 Å². The maximum absolute atomic E-state index is 3.07. The van der Waals surface area contributed by atoms with E-state index in [1.165, 1.54) is 142 Å². The van der Waals surface area contributed by atoms with E-state index >= 15 is 0 Å². The number of rotatable bonds is 7. The molecule has 0 aromatic rings. The monoisotopic (exact) mass is 388 g/mol. The SMILES string of the molecule is C1CCC(N(CCN(C2CCCCC2)C2CCCCC2)C2CCCCC2)CC1. The maximum Gasteiger partial charge on any atom is 0.0115 e. The van der Waals surface area contributed by atoms with E-state index in [0.29, 0.717) is 0 Å². The minimum Gasteiger partial charge on any atom is -0.296 e. The average molecular weight is 389 g/mol. The molecule has 0 radical (unpaired) electrons. The summed E-state index contributed by atoms with van der Waals surface area (Å²) in [6, 6.07) is 3.65. The lowest BCUT2D eigenvalue weighted by Gasteiger charge is -2.46. The lowest BCUT2D eigenvalue weighted by atomic mass is 9.87. The van der Waals surface area contributed by atoms with Crippen molar-refractivity contribution in [1.82, 2.24) is 9.80 Å². The minimum absolute atomic E-state index is 0.913. The van der Waals surface area contributed by atoms with E-state index in [1.54, 1.807) is 0 Å². The van der Waals surface area contributed by atoms with Gasteiger partial charge in [0.05, 0.1) is 0 Å². The van der Waals surface area contributed by atoms with E-state index < -0.39 is 0 Å². The predicted molar refractivity (Wildman–Crippen MR) is 121 cm³/mol. The number of nitrogens with zero attached hydrogens (tertiary/aromatic N) is 2. The third-order valence-corrected chi connectivity index (χ3v) is 8.79. The van der Waals surface area contributed by atoms with Crippen LogP contribution in [0.3, 0.4) is 0 Å². The van der Waals surface area contributed by atoms with Gasteiger partial charge in [0.1, 0.15) is 0 Å². The summed E-state index contributed by atoms with van der Waals surface area (Å²) in [6.07, 6.45) is 29.8. The topological polar surface area (TPSA) is 6.48 Å². The van der Waals surface area contributed by atoms with E-state index in [-0.39, 0.29) is 0 Å². The molecular weight excluding hydrogens is 340 g/mol. The van der Waals surface area contributed by atoms with Gasteiger partial charge in [-0.3, -0.25) is 9.80 Å². The molecule has 162 valence electrons. The van der Waals surface area contributed by atoms with Crippen molar-refractivity contribution in [1.29, 1.82) is 0 Å². The van der Waals surface area contributed by atoms with Crippen LogP contribution in [-0.2, 0) is 0 Å². The average Bonchev–Trinajstić information content (AvgIpc) is 2.79. The van der Waals surface area contributed by atoms with Gasteiger partial charge in [-0.2, -0.15) is 0 Å². The summed E-state index contributed by atoms with van der Waals surface area (Å²) in [6.45, 7) is 2.75. The molecule has 0 aromatic carbocycles. The molecule has 0 aromatic heterocycles. The van der Waals surface area contributed by atoms with Gasteiger partial charge >= 0.3 is 0 Å². The Labute approximate surface area is 175 Å². The second-order valence-electron chi connectivity index (χ2n) is 10.6. The highest BCUT2D eigenvalue weighted by Gasteiger charge is 2.32. The second-order valence-corrected chi connectivity index (χ2v) is 10.6. The van der Waals surface area contributed by atoms with Gasteiger partial charge in [-0.05, 0) is 51.4 Å². The van der Waals surface area contributed by atoms with Crippen molar-refractivity contribution >= 4 is 0 Å². The van der Waals surface area contributed by atoms with Crippen molar-refractivity contribution in [2.75, 3.05) is 13.1 Å². The molecule has 0 unspecified atom stereocenters. The van der Waals surface area contributed by atoms with Gasteiger partial charge in [0.25, 0.3) is 0 Å². The van der Waals surface area contributed by atoms with E-state index in [1.807, 2.05) is 0 Å². The second kappa shape index (κ2) is 11.3. The fourth-order valence-corrected chi connectivity index (χ4v) is 7.21. The first-order valence-electron chi connectivity index (χ1n) is 13.4.